The van der Waals surface area contributed by atoms with E-state index in [0.717, 1.165) is 41.6 Å². The number of carbonyl (C=O) groups excluding carboxylic acids is 2. The van der Waals surface area contributed by atoms with Crippen molar-refractivity contribution in [1.29, 1.82) is 0 Å². The predicted molar refractivity (Wildman–Crippen MR) is 161 cm³/mol. The summed E-state index contributed by atoms with van der Waals surface area (Å²) >= 11 is 0. The van der Waals surface area contributed by atoms with E-state index in [1.807, 2.05) is 42.5 Å². The first-order chi connectivity index (χ1) is 20.0. The maximum absolute atomic E-state index is 15.3. The summed E-state index contributed by atoms with van der Waals surface area (Å²) in [6.07, 6.45) is 1.78. The van der Waals surface area contributed by atoms with Gasteiger partial charge < -0.3 is 16.0 Å². The molecular weight excluding hydrogens is 513 g/mol. The van der Waals surface area contributed by atoms with Gasteiger partial charge >= 0.3 is 0 Å². The number of anilines is 1. The van der Waals surface area contributed by atoms with Crippen LogP contribution < -0.4 is 16.0 Å². The molecule has 6 rings (SSSR count). The average Bonchev–Trinajstić information content (AvgIpc) is 3.00. The molecule has 5 nitrogen and oxygen atoms in total. The second-order valence-electron chi connectivity index (χ2n) is 10.4. The minimum Gasteiger partial charge on any atom is -0.367 e. The number of hydrogen-bond donors (Lipinski definition) is 2. The molecule has 0 atom stereocenters. The van der Waals surface area contributed by atoms with Crippen molar-refractivity contribution < 1.29 is 14.0 Å². The third kappa shape index (κ3) is 5.54. The van der Waals surface area contributed by atoms with Gasteiger partial charge in [-0.25, -0.2) is 4.39 Å². The molecule has 0 unspecified atom stereocenters. The van der Waals surface area contributed by atoms with Crippen LogP contribution in [-0.2, 0) is 19.5 Å². The quantitative estimate of drug-likeness (QED) is 0.242. The van der Waals surface area contributed by atoms with E-state index in [2.05, 4.69) is 34.5 Å². The van der Waals surface area contributed by atoms with Crippen LogP contribution in [0.15, 0.2) is 103 Å². The van der Waals surface area contributed by atoms with Gasteiger partial charge in [-0.3, -0.25) is 9.59 Å². The Bertz CT molecular complexity index is 1780. The Morgan fingerprint density at radius 2 is 1.66 bits per heavy atom. The Hall–Kier alpha value is -4.97. The van der Waals surface area contributed by atoms with Crippen molar-refractivity contribution in [2.75, 3.05) is 11.4 Å². The van der Waals surface area contributed by atoms with Crippen LogP contribution >= 0.6 is 0 Å². The van der Waals surface area contributed by atoms with Crippen molar-refractivity contribution in [3.05, 3.63) is 137 Å². The topological polar surface area (TPSA) is 75.4 Å². The minimum atomic E-state index is -0.545. The molecule has 5 aromatic rings. The summed E-state index contributed by atoms with van der Waals surface area (Å²) < 4.78 is 15.3. The lowest BCUT2D eigenvalue weighted by molar-refractivity contribution is 0.0949. The molecule has 0 spiro atoms. The van der Waals surface area contributed by atoms with Crippen molar-refractivity contribution in [2.24, 2.45) is 5.73 Å². The highest BCUT2D eigenvalue weighted by Gasteiger charge is 2.20. The van der Waals surface area contributed by atoms with Crippen LogP contribution in [0.1, 0.15) is 43.8 Å². The zero-order valence-electron chi connectivity index (χ0n) is 22.6. The van der Waals surface area contributed by atoms with Gasteiger partial charge in [-0.1, -0.05) is 66.7 Å². The summed E-state index contributed by atoms with van der Waals surface area (Å²) in [5.41, 5.74) is 11.4. The monoisotopic (exact) mass is 543 g/mol. The Morgan fingerprint density at radius 3 is 2.49 bits per heavy atom. The third-order valence-corrected chi connectivity index (χ3v) is 7.74. The number of aryl methyl sites for hydroxylation is 1. The zero-order chi connectivity index (χ0) is 28.3. The van der Waals surface area contributed by atoms with E-state index in [-0.39, 0.29) is 11.7 Å². The number of rotatable bonds is 7. The predicted octanol–water partition coefficient (Wildman–Crippen LogP) is 6.63. The first-order valence-electron chi connectivity index (χ1n) is 13.8. The number of nitrogens with zero attached hydrogens (tertiary/aromatic N) is 1. The summed E-state index contributed by atoms with van der Waals surface area (Å²) in [5, 5.41) is 5.36. The van der Waals surface area contributed by atoms with Gasteiger partial charge in [-0.05, 0) is 82.3 Å². The summed E-state index contributed by atoms with van der Waals surface area (Å²) in [7, 11) is 0. The molecule has 1 aliphatic heterocycles. The lowest BCUT2D eigenvalue weighted by Crippen LogP contribution is -2.30. The molecule has 0 saturated carbocycles. The van der Waals surface area contributed by atoms with Crippen LogP contribution in [0.4, 0.5) is 10.1 Å². The molecule has 5 aromatic carbocycles. The second kappa shape index (κ2) is 11.3. The summed E-state index contributed by atoms with van der Waals surface area (Å²) in [6.45, 7) is 1.66. The van der Waals surface area contributed by atoms with Crippen LogP contribution in [-0.4, -0.2) is 18.4 Å². The molecule has 3 N–H and O–H groups in total. The van der Waals surface area contributed by atoms with Crippen LogP contribution in [0, 0.1) is 5.82 Å². The van der Waals surface area contributed by atoms with Crippen molar-refractivity contribution in [1.82, 2.24) is 5.32 Å². The highest BCUT2D eigenvalue weighted by Crippen LogP contribution is 2.31. The Labute approximate surface area is 238 Å². The number of primary amides is 1. The van der Waals surface area contributed by atoms with Crippen LogP contribution in [0.5, 0.6) is 0 Å². The molecule has 0 fully saturated rings. The van der Waals surface area contributed by atoms with E-state index in [9.17, 15) is 9.59 Å². The number of hydrogen-bond acceptors (Lipinski definition) is 3. The summed E-state index contributed by atoms with van der Waals surface area (Å²) in [4.78, 5) is 27.0. The molecule has 0 aliphatic carbocycles. The second-order valence-corrected chi connectivity index (χ2v) is 10.4. The first kappa shape index (κ1) is 26.3. The maximum atomic E-state index is 15.3. The molecule has 204 valence electrons. The normalized spacial score (nSPS) is 12.7. The van der Waals surface area contributed by atoms with Gasteiger partial charge in [0.1, 0.15) is 5.82 Å². The summed E-state index contributed by atoms with van der Waals surface area (Å²) in [6, 6.07) is 32.2. The van der Waals surface area contributed by atoms with Gasteiger partial charge in [0.05, 0.1) is 0 Å². The number of nitrogens with one attached hydrogen (secondary N) is 1. The molecule has 0 radical (unpaired) electrons. The molecule has 0 aromatic heterocycles. The van der Waals surface area contributed by atoms with E-state index in [0.29, 0.717) is 40.9 Å². The van der Waals surface area contributed by atoms with Crippen molar-refractivity contribution in [2.45, 2.75) is 25.9 Å². The van der Waals surface area contributed by atoms with Crippen LogP contribution in [0.3, 0.4) is 0 Å². The van der Waals surface area contributed by atoms with Crippen molar-refractivity contribution in [3.8, 4) is 11.1 Å². The lowest BCUT2D eigenvalue weighted by atomic mass is 9.96. The average molecular weight is 544 g/mol. The standard InChI is InChI=1S/C35H30FN3O2/c36-32-20-26(30-9-3-4-10-31(30)34(37)40)13-14-29(32)22-39-17-5-8-27-19-28(15-16-33(27)39)35(41)38-21-23-11-12-24-6-1-2-7-25(24)18-23/h1-4,6-7,9-16,18-20H,5,8,17,21-22H2,(H2,37,40)(H,38,41). The molecule has 0 bridgehead atoms. The molecule has 0 saturated heterocycles. The molecule has 2 amide bonds. The number of carbonyl (C=O) groups is 2. The maximum Gasteiger partial charge on any atom is 0.251 e. The SMILES string of the molecule is NC(=O)c1ccccc1-c1ccc(CN2CCCc3cc(C(=O)NCc4ccc5ccccc5c4)ccc32)c(F)c1. The highest BCUT2D eigenvalue weighted by atomic mass is 19.1. The first-order valence-corrected chi connectivity index (χ1v) is 13.8. The lowest BCUT2D eigenvalue weighted by Gasteiger charge is -2.32. The minimum absolute atomic E-state index is 0.115. The van der Waals surface area contributed by atoms with Gasteiger partial charge in [0.15, 0.2) is 0 Å². The van der Waals surface area contributed by atoms with Gasteiger partial charge in [-0.15, -0.1) is 0 Å². The smallest absolute Gasteiger partial charge is 0.251 e. The Balaban J connectivity index is 1.16. The van der Waals surface area contributed by atoms with E-state index in [1.54, 1.807) is 30.3 Å². The van der Waals surface area contributed by atoms with Gasteiger partial charge in [-0.2, -0.15) is 0 Å². The number of halogens is 1. The molecule has 6 heteroatoms. The Kier molecular flexibility index (Phi) is 7.21. The van der Waals surface area contributed by atoms with E-state index >= 15 is 4.39 Å². The fourth-order valence-corrected chi connectivity index (χ4v) is 5.61. The third-order valence-electron chi connectivity index (χ3n) is 7.74. The fraction of sp³-hybridized carbons (Fsp3) is 0.143. The molecule has 1 aliphatic rings. The van der Waals surface area contributed by atoms with Crippen LogP contribution in [0.25, 0.3) is 21.9 Å². The molecule has 41 heavy (non-hydrogen) atoms. The zero-order valence-corrected chi connectivity index (χ0v) is 22.6. The van der Waals surface area contributed by atoms with Crippen molar-refractivity contribution >= 4 is 28.3 Å². The summed E-state index contributed by atoms with van der Waals surface area (Å²) in [5.74, 6) is -0.994. The van der Waals surface area contributed by atoms with Gasteiger partial charge in [0, 0.05) is 42.0 Å². The number of fused-ring (bicyclic) bond motifs is 2. The Morgan fingerprint density at radius 1 is 0.854 bits per heavy atom. The van der Waals surface area contributed by atoms with Crippen LogP contribution in [0.2, 0.25) is 0 Å². The number of nitrogens with two attached hydrogens (primary N) is 1. The molecular formula is C35H30FN3O2. The highest BCUT2D eigenvalue weighted by molar-refractivity contribution is 5.99. The largest absolute Gasteiger partial charge is 0.367 e. The van der Waals surface area contributed by atoms with E-state index < -0.39 is 5.91 Å². The van der Waals surface area contributed by atoms with Gasteiger partial charge in [0.25, 0.3) is 5.91 Å². The molecule has 1 heterocycles. The van der Waals surface area contributed by atoms with E-state index in [1.165, 1.54) is 11.5 Å². The van der Waals surface area contributed by atoms with E-state index in [4.69, 9.17) is 5.73 Å². The number of amides is 2. The number of benzene rings is 5. The van der Waals surface area contributed by atoms with Gasteiger partial charge in [0.2, 0.25) is 5.91 Å². The van der Waals surface area contributed by atoms with Crippen molar-refractivity contribution in [3.63, 3.8) is 0 Å². The fourth-order valence-electron chi connectivity index (χ4n) is 5.61.